The lowest BCUT2D eigenvalue weighted by molar-refractivity contribution is 0.00742. The number of benzene rings is 2. The normalized spacial score (nSPS) is 18.7. The molecule has 0 aromatic heterocycles. The average molecular weight is 310 g/mol. The summed E-state index contributed by atoms with van der Waals surface area (Å²) in [6.07, 6.45) is 2.36. The third-order valence-electron chi connectivity index (χ3n) is 4.77. The molecular formula is C21H26O2. The molecule has 1 heterocycles. The Bertz CT molecular complexity index is 620. The van der Waals surface area contributed by atoms with Crippen molar-refractivity contribution in [1.82, 2.24) is 0 Å². The molecule has 1 aliphatic rings. The zero-order valence-corrected chi connectivity index (χ0v) is 14.3. The maximum absolute atomic E-state index is 6.02. The van der Waals surface area contributed by atoms with Gasteiger partial charge >= 0.3 is 0 Å². The van der Waals surface area contributed by atoms with Crippen LogP contribution >= 0.6 is 0 Å². The molecule has 2 nitrogen and oxygen atoms in total. The lowest BCUT2D eigenvalue weighted by Crippen LogP contribution is -2.28. The summed E-state index contributed by atoms with van der Waals surface area (Å²) in [6.45, 7) is 8.23. The zero-order chi connectivity index (χ0) is 16.3. The van der Waals surface area contributed by atoms with Gasteiger partial charge in [0.2, 0.25) is 0 Å². The maximum Gasteiger partial charge on any atom is 0.122 e. The fraction of sp³-hybridized carbons (Fsp3) is 0.429. The van der Waals surface area contributed by atoms with Gasteiger partial charge in [-0.2, -0.15) is 0 Å². The van der Waals surface area contributed by atoms with Gasteiger partial charge < -0.3 is 9.47 Å². The lowest BCUT2D eigenvalue weighted by atomic mass is 9.78. The quantitative estimate of drug-likeness (QED) is 0.801. The molecule has 0 saturated carbocycles. The van der Waals surface area contributed by atoms with Gasteiger partial charge in [0.05, 0.1) is 6.61 Å². The van der Waals surface area contributed by atoms with E-state index in [4.69, 9.17) is 9.47 Å². The van der Waals surface area contributed by atoms with Crippen LogP contribution in [-0.4, -0.2) is 19.3 Å². The minimum Gasteiger partial charge on any atom is -0.488 e. The summed E-state index contributed by atoms with van der Waals surface area (Å²) in [6, 6.07) is 17.3. The molecule has 1 aliphatic heterocycles. The minimum atomic E-state index is -0.0137. The van der Waals surface area contributed by atoms with Crippen molar-refractivity contribution >= 4 is 0 Å². The summed E-state index contributed by atoms with van der Waals surface area (Å²) in [5.41, 5.74) is 3.91. The van der Waals surface area contributed by atoms with Gasteiger partial charge in [0.1, 0.15) is 11.9 Å². The second-order valence-corrected chi connectivity index (χ2v) is 6.97. The first-order chi connectivity index (χ1) is 11.1. The molecule has 0 aliphatic carbocycles. The lowest BCUT2D eigenvalue weighted by Gasteiger charge is -2.27. The van der Waals surface area contributed by atoms with Crippen LogP contribution in [0.3, 0.4) is 0 Å². The van der Waals surface area contributed by atoms with Crippen molar-refractivity contribution in [3.8, 4) is 5.75 Å². The molecule has 1 atom stereocenters. The van der Waals surface area contributed by atoms with Crippen molar-refractivity contribution in [2.45, 2.75) is 45.1 Å². The molecule has 0 amide bonds. The molecule has 1 saturated heterocycles. The van der Waals surface area contributed by atoms with Gasteiger partial charge in [-0.1, -0.05) is 55.8 Å². The van der Waals surface area contributed by atoms with E-state index in [2.05, 4.69) is 69.3 Å². The predicted octanol–water partition coefficient (Wildman–Crippen LogP) is 4.88. The summed E-state index contributed by atoms with van der Waals surface area (Å²) < 4.78 is 11.5. The standard InChI is InChI=1S/C21H26O2/c1-16-6-8-17(9-7-16)21(2,3)18-10-12-19(13-11-18)23-20-5-4-14-22-15-20/h6-13,20H,4-5,14-15H2,1-3H3. The molecule has 0 radical (unpaired) electrons. The molecule has 2 heteroatoms. The Morgan fingerprint density at radius 3 is 2.13 bits per heavy atom. The molecule has 3 rings (SSSR count). The fourth-order valence-electron chi connectivity index (χ4n) is 3.08. The van der Waals surface area contributed by atoms with Crippen molar-refractivity contribution in [1.29, 1.82) is 0 Å². The summed E-state index contributed by atoms with van der Waals surface area (Å²) in [5, 5.41) is 0. The summed E-state index contributed by atoms with van der Waals surface area (Å²) in [7, 11) is 0. The van der Waals surface area contributed by atoms with Crippen LogP contribution < -0.4 is 4.74 Å². The van der Waals surface area contributed by atoms with E-state index in [1.54, 1.807) is 0 Å². The van der Waals surface area contributed by atoms with Crippen LogP contribution in [0.1, 0.15) is 43.4 Å². The first kappa shape index (κ1) is 16.1. The molecule has 0 N–H and O–H groups in total. The van der Waals surface area contributed by atoms with Crippen LogP contribution in [0.25, 0.3) is 0 Å². The van der Waals surface area contributed by atoms with E-state index in [0.717, 1.165) is 25.2 Å². The van der Waals surface area contributed by atoms with Crippen molar-refractivity contribution in [3.05, 3.63) is 65.2 Å². The molecule has 122 valence electrons. The van der Waals surface area contributed by atoms with Gasteiger partial charge in [-0.3, -0.25) is 0 Å². The van der Waals surface area contributed by atoms with Gasteiger partial charge in [0, 0.05) is 12.0 Å². The third-order valence-corrected chi connectivity index (χ3v) is 4.77. The van der Waals surface area contributed by atoms with Crippen molar-refractivity contribution < 1.29 is 9.47 Å². The SMILES string of the molecule is Cc1ccc(C(C)(C)c2ccc(OC3CCCOC3)cc2)cc1. The van der Waals surface area contributed by atoms with Crippen molar-refractivity contribution in [2.75, 3.05) is 13.2 Å². The maximum atomic E-state index is 6.02. The molecule has 0 spiro atoms. The number of hydrogen-bond acceptors (Lipinski definition) is 2. The number of hydrogen-bond donors (Lipinski definition) is 0. The van der Waals surface area contributed by atoms with E-state index >= 15 is 0 Å². The van der Waals surface area contributed by atoms with Crippen LogP contribution in [0.2, 0.25) is 0 Å². The molecule has 2 aromatic rings. The van der Waals surface area contributed by atoms with Crippen LogP contribution in [0.15, 0.2) is 48.5 Å². The highest BCUT2D eigenvalue weighted by Gasteiger charge is 2.23. The van der Waals surface area contributed by atoms with Crippen LogP contribution in [0.5, 0.6) is 5.75 Å². The zero-order valence-electron chi connectivity index (χ0n) is 14.3. The second kappa shape index (κ2) is 6.76. The molecule has 23 heavy (non-hydrogen) atoms. The molecule has 1 unspecified atom stereocenters. The average Bonchev–Trinajstić information content (AvgIpc) is 2.57. The highest BCUT2D eigenvalue weighted by molar-refractivity contribution is 5.40. The van der Waals surface area contributed by atoms with E-state index in [-0.39, 0.29) is 11.5 Å². The van der Waals surface area contributed by atoms with Gasteiger partial charge in [-0.25, -0.2) is 0 Å². The first-order valence-electron chi connectivity index (χ1n) is 8.48. The van der Waals surface area contributed by atoms with E-state index in [9.17, 15) is 0 Å². The summed E-state index contributed by atoms with van der Waals surface area (Å²) >= 11 is 0. The van der Waals surface area contributed by atoms with Crippen LogP contribution in [0.4, 0.5) is 0 Å². The molecular weight excluding hydrogens is 284 g/mol. The first-order valence-corrected chi connectivity index (χ1v) is 8.48. The predicted molar refractivity (Wildman–Crippen MR) is 94.2 cm³/mol. The Labute approximate surface area is 139 Å². The molecule has 2 aromatic carbocycles. The Hall–Kier alpha value is -1.80. The smallest absolute Gasteiger partial charge is 0.122 e. The fourth-order valence-corrected chi connectivity index (χ4v) is 3.08. The van der Waals surface area contributed by atoms with E-state index in [0.29, 0.717) is 6.61 Å². The van der Waals surface area contributed by atoms with E-state index in [1.807, 2.05) is 0 Å². The summed E-state index contributed by atoms with van der Waals surface area (Å²) in [4.78, 5) is 0. The third kappa shape index (κ3) is 3.76. The van der Waals surface area contributed by atoms with Crippen LogP contribution in [0, 0.1) is 6.92 Å². The minimum absolute atomic E-state index is 0.0137. The highest BCUT2D eigenvalue weighted by Crippen LogP contribution is 2.32. The Kier molecular flexibility index (Phi) is 4.72. The number of rotatable bonds is 4. The highest BCUT2D eigenvalue weighted by atomic mass is 16.5. The van der Waals surface area contributed by atoms with E-state index < -0.39 is 0 Å². The van der Waals surface area contributed by atoms with Gasteiger partial charge in [-0.15, -0.1) is 0 Å². The van der Waals surface area contributed by atoms with Crippen molar-refractivity contribution in [2.24, 2.45) is 0 Å². The molecule has 0 bridgehead atoms. The monoisotopic (exact) mass is 310 g/mol. The molecule has 1 fully saturated rings. The van der Waals surface area contributed by atoms with Crippen molar-refractivity contribution in [3.63, 3.8) is 0 Å². The van der Waals surface area contributed by atoms with Crippen LogP contribution in [-0.2, 0) is 10.2 Å². The van der Waals surface area contributed by atoms with Gasteiger partial charge in [-0.05, 0) is 43.0 Å². The Morgan fingerprint density at radius 1 is 0.957 bits per heavy atom. The van der Waals surface area contributed by atoms with Gasteiger partial charge in [0.15, 0.2) is 0 Å². The number of ether oxygens (including phenoxy) is 2. The Morgan fingerprint density at radius 2 is 1.57 bits per heavy atom. The van der Waals surface area contributed by atoms with Gasteiger partial charge in [0.25, 0.3) is 0 Å². The largest absolute Gasteiger partial charge is 0.488 e. The topological polar surface area (TPSA) is 18.5 Å². The Balaban J connectivity index is 1.73. The second-order valence-electron chi connectivity index (χ2n) is 6.97. The van der Waals surface area contributed by atoms with E-state index in [1.165, 1.54) is 16.7 Å². The number of aryl methyl sites for hydroxylation is 1. The summed E-state index contributed by atoms with van der Waals surface area (Å²) in [5.74, 6) is 0.934.